The Bertz CT molecular complexity index is 129. The van der Waals surface area contributed by atoms with Crippen molar-refractivity contribution in [3.8, 4) is 0 Å². The predicted molar refractivity (Wildman–Crippen MR) is 40.0 cm³/mol. The van der Waals surface area contributed by atoms with E-state index in [1.165, 1.54) is 25.9 Å². The first-order valence-electron chi connectivity index (χ1n) is 4.13. The van der Waals surface area contributed by atoms with Crippen LogP contribution >= 0.6 is 0 Å². The zero-order valence-electron chi connectivity index (χ0n) is 6.52. The minimum Gasteiger partial charge on any atom is -0.378 e. The number of hydrogen-bond donors (Lipinski definition) is 1. The van der Waals surface area contributed by atoms with Crippen LogP contribution in [0.25, 0.3) is 0 Å². The van der Waals surface area contributed by atoms with Crippen LogP contribution in [-0.2, 0) is 4.74 Å². The van der Waals surface area contributed by atoms with E-state index in [1.807, 2.05) is 0 Å². The summed E-state index contributed by atoms with van der Waals surface area (Å²) < 4.78 is 5.55. The Morgan fingerprint density at radius 2 is 2.50 bits per heavy atom. The topological polar surface area (TPSA) is 21.3 Å². The quantitative estimate of drug-likeness (QED) is 0.538. The van der Waals surface area contributed by atoms with Crippen LogP contribution in [0.5, 0.6) is 0 Å². The zero-order valence-corrected chi connectivity index (χ0v) is 6.52. The molecule has 0 radical (unpaired) electrons. The minimum absolute atomic E-state index is 0.500. The van der Waals surface area contributed by atoms with Crippen molar-refractivity contribution in [2.45, 2.75) is 25.9 Å². The molecule has 2 unspecified atom stereocenters. The molecule has 2 saturated heterocycles. The molecular formula is C8H15NO. The minimum atomic E-state index is 0.500. The lowest BCUT2D eigenvalue weighted by Gasteiger charge is -2.17. The molecule has 0 aromatic rings. The summed E-state index contributed by atoms with van der Waals surface area (Å²) in [6, 6.07) is 0. The summed E-state index contributed by atoms with van der Waals surface area (Å²) in [6.07, 6.45) is 3.08. The molecule has 0 aliphatic carbocycles. The third-order valence-electron chi connectivity index (χ3n) is 2.73. The lowest BCUT2D eigenvalue weighted by atomic mass is 9.85. The summed E-state index contributed by atoms with van der Waals surface area (Å²) in [5.41, 5.74) is 0.527. The molecule has 1 N–H and O–H groups in total. The van der Waals surface area contributed by atoms with E-state index in [9.17, 15) is 0 Å². The maximum Gasteiger partial charge on any atom is 0.0553 e. The molecule has 2 nitrogen and oxygen atoms in total. The first-order valence-corrected chi connectivity index (χ1v) is 4.13. The van der Waals surface area contributed by atoms with Gasteiger partial charge in [0.25, 0.3) is 0 Å². The number of hydrogen-bond acceptors (Lipinski definition) is 2. The summed E-state index contributed by atoms with van der Waals surface area (Å²) in [6.45, 7) is 5.53. The average Bonchev–Trinajstić information content (AvgIpc) is 2.46. The standard InChI is InChI=1S/C8H15NO/c1-7-4-8(6-10-7)2-3-9-5-8/h7,9H,2-6H2,1H3. The predicted octanol–water partition coefficient (Wildman–Crippen LogP) is 0.775. The summed E-state index contributed by atoms with van der Waals surface area (Å²) in [4.78, 5) is 0. The molecule has 1 spiro atoms. The number of rotatable bonds is 0. The van der Waals surface area contributed by atoms with Crippen LogP contribution in [0.2, 0.25) is 0 Å². The Hall–Kier alpha value is -0.0800. The van der Waals surface area contributed by atoms with Crippen molar-refractivity contribution in [3.63, 3.8) is 0 Å². The molecule has 58 valence electrons. The second kappa shape index (κ2) is 2.21. The Morgan fingerprint density at radius 1 is 1.60 bits per heavy atom. The molecule has 2 aliphatic rings. The summed E-state index contributed by atoms with van der Waals surface area (Å²) in [5.74, 6) is 0. The maximum absolute atomic E-state index is 5.55. The van der Waals surface area contributed by atoms with Crippen molar-refractivity contribution in [1.29, 1.82) is 0 Å². The van der Waals surface area contributed by atoms with Crippen molar-refractivity contribution in [3.05, 3.63) is 0 Å². The van der Waals surface area contributed by atoms with Gasteiger partial charge in [0.15, 0.2) is 0 Å². The largest absolute Gasteiger partial charge is 0.378 e. The second-order valence-electron chi connectivity index (χ2n) is 3.75. The van der Waals surface area contributed by atoms with E-state index in [-0.39, 0.29) is 0 Å². The van der Waals surface area contributed by atoms with E-state index < -0.39 is 0 Å². The summed E-state index contributed by atoms with van der Waals surface area (Å²) in [7, 11) is 0. The van der Waals surface area contributed by atoms with E-state index in [2.05, 4.69) is 12.2 Å². The van der Waals surface area contributed by atoms with Crippen LogP contribution in [0.3, 0.4) is 0 Å². The van der Waals surface area contributed by atoms with E-state index in [0.29, 0.717) is 11.5 Å². The fourth-order valence-electron chi connectivity index (χ4n) is 2.14. The van der Waals surface area contributed by atoms with E-state index in [0.717, 1.165) is 6.61 Å². The molecule has 10 heavy (non-hydrogen) atoms. The van der Waals surface area contributed by atoms with E-state index in [4.69, 9.17) is 4.74 Å². The van der Waals surface area contributed by atoms with Gasteiger partial charge in [-0.2, -0.15) is 0 Å². The Balaban J connectivity index is 2.03. The van der Waals surface area contributed by atoms with Gasteiger partial charge < -0.3 is 10.1 Å². The molecule has 0 aromatic carbocycles. The molecule has 0 bridgehead atoms. The molecule has 0 saturated carbocycles. The van der Waals surface area contributed by atoms with Crippen molar-refractivity contribution in [2.24, 2.45) is 5.41 Å². The Labute approximate surface area is 61.9 Å². The highest BCUT2D eigenvalue weighted by atomic mass is 16.5. The molecule has 2 heterocycles. The SMILES string of the molecule is CC1CC2(CCNC2)CO1. The monoisotopic (exact) mass is 141 g/mol. The van der Waals surface area contributed by atoms with Crippen molar-refractivity contribution < 1.29 is 4.74 Å². The van der Waals surface area contributed by atoms with Crippen LogP contribution in [0.4, 0.5) is 0 Å². The molecule has 2 atom stereocenters. The highest BCUT2D eigenvalue weighted by molar-refractivity contribution is 4.92. The van der Waals surface area contributed by atoms with Gasteiger partial charge in [-0.1, -0.05) is 0 Å². The lowest BCUT2D eigenvalue weighted by Crippen LogP contribution is -2.23. The smallest absolute Gasteiger partial charge is 0.0553 e. The first kappa shape index (κ1) is 6.62. The first-order chi connectivity index (χ1) is 4.81. The maximum atomic E-state index is 5.55. The van der Waals surface area contributed by atoms with Gasteiger partial charge in [0.05, 0.1) is 12.7 Å². The fraction of sp³-hybridized carbons (Fsp3) is 1.00. The van der Waals surface area contributed by atoms with Crippen LogP contribution in [0.15, 0.2) is 0 Å². The van der Waals surface area contributed by atoms with Crippen LogP contribution in [0, 0.1) is 5.41 Å². The van der Waals surface area contributed by atoms with Crippen LogP contribution < -0.4 is 5.32 Å². The molecule has 2 fully saturated rings. The van der Waals surface area contributed by atoms with E-state index in [1.54, 1.807) is 0 Å². The van der Waals surface area contributed by atoms with Crippen molar-refractivity contribution >= 4 is 0 Å². The molecule has 2 aliphatic heterocycles. The van der Waals surface area contributed by atoms with Gasteiger partial charge in [-0.15, -0.1) is 0 Å². The van der Waals surface area contributed by atoms with Gasteiger partial charge in [0.1, 0.15) is 0 Å². The molecule has 0 amide bonds. The van der Waals surface area contributed by atoms with Gasteiger partial charge in [-0.3, -0.25) is 0 Å². The average molecular weight is 141 g/mol. The summed E-state index contributed by atoms with van der Waals surface area (Å²) in [5, 5.41) is 3.40. The number of nitrogens with one attached hydrogen (secondary N) is 1. The van der Waals surface area contributed by atoms with E-state index >= 15 is 0 Å². The molecule has 2 rings (SSSR count). The van der Waals surface area contributed by atoms with Gasteiger partial charge in [0, 0.05) is 12.0 Å². The highest BCUT2D eigenvalue weighted by Crippen LogP contribution is 2.37. The van der Waals surface area contributed by atoms with Crippen LogP contribution in [-0.4, -0.2) is 25.8 Å². The molecule has 0 aromatic heterocycles. The third kappa shape index (κ3) is 0.956. The van der Waals surface area contributed by atoms with Gasteiger partial charge >= 0.3 is 0 Å². The van der Waals surface area contributed by atoms with Crippen LogP contribution in [0.1, 0.15) is 19.8 Å². The van der Waals surface area contributed by atoms with Gasteiger partial charge in [-0.25, -0.2) is 0 Å². The van der Waals surface area contributed by atoms with Gasteiger partial charge in [0.2, 0.25) is 0 Å². The lowest BCUT2D eigenvalue weighted by molar-refractivity contribution is 0.109. The third-order valence-corrected chi connectivity index (χ3v) is 2.73. The second-order valence-corrected chi connectivity index (χ2v) is 3.75. The fourth-order valence-corrected chi connectivity index (χ4v) is 2.14. The Morgan fingerprint density at radius 3 is 3.00 bits per heavy atom. The molecule has 2 heteroatoms. The Kier molecular flexibility index (Phi) is 1.46. The molecular weight excluding hydrogens is 126 g/mol. The number of ether oxygens (including phenoxy) is 1. The highest BCUT2D eigenvalue weighted by Gasteiger charge is 2.40. The van der Waals surface area contributed by atoms with Crippen molar-refractivity contribution in [1.82, 2.24) is 5.32 Å². The summed E-state index contributed by atoms with van der Waals surface area (Å²) >= 11 is 0. The zero-order chi connectivity index (χ0) is 7.03. The van der Waals surface area contributed by atoms with Gasteiger partial charge in [-0.05, 0) is 26.3 Å². The normalized spacial score (nSPS) is 47.1. The van der Waals surface area contributed by atoms with Crippen molar-refractivity contribution in [2.75, 3.05) is 19.7 Å².